The Morgan fingerprint density at radius 1 is 1.14 bits per heavy atom. The van der Waals surface area contributed by atoms with Gasteiger partial charge in [-0.05, 0) is 36.3 Å². The molecule has 2 rings (SSSR count). The van der Waals surface area contributed by atoms with Crippen LogP contribution in [-0.2, 0) is 22.7 Å². The van der Waals surface area contributed by atoms with Crippen LogP contribution in [0.1, 0.15) is 17.5 Å². The summed E-state index contributed by atoms with van der Waals surface area (Å²) in [5, 5.41) is 5.33. The summed E-state index contributed by atoms with van der Waals surface area (Å²) in [5.74, 6) is 0.553. The first-order valence-corrected chi connectivity index (χ1v) is 9.26. The van der Waals surface area contributed by atoms with Gasteiger partial charge in [-0.2, -0.15) is 0 Å². The van der Waals surface area contributed by atoms with Gasteiger partial charge in [0, 0.05) is 19.3 Å². The SMILES string of the molecule is CS(=O)(=O)CCNC(=O)NCCC1Cc2ccccc2C1. The summed E-state index contributed by atoms with van der Waals surface area (Å²) in [4.78, 5) is 11.5. The maximum Gasteiger partial charge on any atom is 0.314 e. The number of carbonyl (C=O) groups excluding carboxylic acids is 1. The molecule has 0 aromatic heterocycles. The number of carbonyl (C=O) groups is 1. The van der Waals surface area contributed by atoms with Crippen molar-refractivity contribution in [2.45, 2.75) is 19.3 Å². The number of fused-ring (bicyclic) bond motifs is 1. The fourth-order valence-electron chi connectivity index (χ4n) is 2.66. The smallest absolute Gasteiger partial charge is 0.314 e. The summed E-state index contributed by atoms with van der Waals surface area (Å²) in [5.41, 5.74) is 2.83. The van der Waals surface area contributed by atoms with Crippen molar-refractivity contribution in [1.29, 1.82) is 0 Å². The lowest BCUT2D eigenvalue weighted by Gasteiger charge is -2.10. The Kier molecular flexibility index (Phi) is 5.22. The van der Waals surface area contributed by atoms with Gasteiger partial charge >= 0.3 is 6.03 Å². The van der Waals surface area contributed by atoms with E-state index in [0.717, 1.165) is 25.5 Å². The number of urea groups is 1. The van der Waals surface area contributed by atoms with E-state index >= 15 is 0 Å². The number of rotatable bonds is 6. The van der Waals surface area contributed by atoms with Gasteiger partial charge in [0.2, 0.25) is 0 Å². The molecule has 1 aliphatic carbocycles. The largest absolute Gasteiger partial charge is 0.338 e. The molecular weight excluding hydrogens is 288 g/mol. The second-order valence-electron chi connectivity index (χ2n) is 5.64. The van der Waals surface area contributed by atoms with Crippen molar-refractivity contribution >= 4 is 15.9 Å². The minimum absolute atomic E-state index is 0.0294. The summed E-state index contributed by atoms with van der Waals surface area (Å²) in [6.45, 7) is 0.767. The van der Waals surface area contributed by atoms with Crippen molar-refractivity contribution < 1.29 is 13.2 Å². The van der Waals surface area contributed by atoms with Gasteiger partial charge in [0.25, 0.3) is 0 Å². The van der Waals surface area contributed by atoms with Gasteiger partial charge in [0.05, 0.1) is 5.75 Å². The van der Waals surface area contributed by atoms with E-state index in [1.807, 2.05) is 0 Å². The van der Waals surface area contributed by atoms with Crippen LogP contribution in [0, 0.1) is 5.92 Å². The molecule has 6 heteroatoms. The molecule has 21 heavy (non-hydrogen) atoms. The van der Waals surface area contributed by atoms with Crippen molar-refractivity contribution in [3.63, 3.8) is 0 Å². The first-order chi connectivity index (χ1) is 9.94. The van der Waals surface area contributed by atoms with Gasteiger partial charge in [0.1, 0.15) is 9.84 Å². The Morgan fingerprint density at radius 3 is 2.29 bits per heavy atom. The maximum absolute atomic E-state index is 11.5. The normalized spacial score (nSPS) is 14.7. The number of amides is 2. The second-order valence-corrected chi connectivity index (χ2v) is 7.90. The standard InChI is InChI=1S/C15H22N2O3S/c1-21(19,20)9-8-17-15(18)16-7-6-12-10-13-4-2-3-5-14(13)11-12/h2-5,12H,6-11H2,1H3,(H2,16,17,18). The Balaban J connectivity index is 1.61. The summed E-state index contributed by atoms with van der Waals surface area (Å²) in [6.07, 6.45) is 4.25. The molecule has 0 saturated carbocycles. The van der Waals surface area contributed by atoms with Gasteiger partial charge in [-0.1, -0.05) is 24.3 Å². The van der Waals surface area contributed by atoms with E-state index in [1.165, 1.54) is 11.1 Å². The molecule has 0 fully saturated rings. The summed E-state index contributed by atoms with van der Waals surface area (Å²) in [7, 11) is -3.03. The van der Waals surface area contributed by atoms with Gasteiger partial charge in [-0.3, -0.25) is 0 Å². The topological polar surface area (TPSA) is 75.3 Å². The average Bonchev–Trinajstić information content (AvgIpc) is 2.79. The third-order valence-electron chi connectivity index (χ3n) is 3.73. The molecular formula is C15H22N2O3S. The molecule has 0 bridgehead atoms. The van der Waals surface area contributed by atoms with E-state index in [9.17, 15) is 13.2 Å². The minimum atomic E-state index is -3.03. The Hall–Kier alpha value is -1.56. The van der Waals surface area contributed by atoms with Gasteiger partial charge in [-0.25, -0.2) is 13.2 Å². The van der Waals surface area contributed by atoms with E-state index in [0.29, 0.717) is 12.5 Å². The zero-order valence-corrected chi connectivity index (χ0v) is 13.1. The highest BCUT2D eigenvalue weighted by atomic mass is 32.2. The highest BCUT2D eigenvalue weighted by Crippen LogP contribution is 2.28. The first kappa shape index (κ1) is 15.8. The summed E-state index contributed by atoms with van der Waals surface area (Å²) < 4.78 is 21.9. The molecule has 0 saturated heterocycles. The lowest BCUT2D eigenvalue weighted by Crippen LogP contribution is -2.38. The highest BCUT2D eigenvalue weighted by molar-refractivity contribution is 7.90. The van der Waals surface area contributed by atoms with Crippen LogP contribution in [0.25, 0.3) is 0 Å². The maximum atomic E-state index is 11.5. The predicted octanol–water partition coefficient (Wildman–Crippen LogP) is 1.14. The van der Waals surface area contributed by atoms with Crippen molar-refractivity contribution in [2.75, 3.05) is 25.1 Å². The number of hydrogen-bond donors (Lipinski definition) is 2. The highest BCUT2D eigenvalue weighted by Gasteiger charge is 2.20. The number of nitrogens with one attached hydrogen (secondary N) is 2. The van der Waals surface area contributed by atoms with Crippen LogP contribution in [0.3, 0.4) is 0 Å². The van der Waals surface area contributed by atoms with E-state index in [2.05, 4.69) is 34.9 Å². The molecule has 0 aliphatic heterocycles. The van der Waals surface area contributed by atoms with Crippen LogP contribution < -0.4 is 10.6 Å². The third-order valence-corrected chi connectivity index (χ3v) is 4.68. The van der Waals surface area contributed by atoms with Crippen LogP contribution in [0.2, 0.25) is 0 Å². The van der Waals surface area contributed by atoms with Crippen LogP contribution >= 0.6 is 0 Å². The van der Waals surface area contributed by atoms with E-state index in [-0.39, 0.29) is 18.3 Å². The fourth-order valence-corrected chi connectivity index (χ4v) is 3.13. The van der Waals surface area contributed by atoms with Gasteiger partial charge in [0.15, 0.2) is 0 Å². The Bertz CT molecular complexity index is 574. The predicted molar refractivity (Wildman–Crippen MR) is 83.1 cm³/mol. The lowest BCUT2D eigenvalue weighted by molar-refractivity contribution is 0.240. The van der Waals surface area contributed by atoms with Crippen LogP contribution in [-0.4, -0.2) is 39.5 Å². The monoisotopic (exact) mass is 310 g/mol. The third kappa shape index (κ3) is 5.38. The molecule has 2 N–H and O–H groups in total. The van der Waals surface area contributed by atoms with E-state index in [1.54, 1.807) is 0 Å². The Morgan fingerprint density at radius 2 is 1.71 bits per heavy atom. The fraction of sp³-hybridized carbons (Fsp3) is 0.533. The molecule has 1 aliphatic rings. The lowest BCUT2D eigenvalue weighted by atomic mass is 10.0. The molecule has 0 heterocycles. The molecule has 0 spiro atoms. The molecule has 116 valence electrons. The van der Waals surface area contributed by atoms with Crippen molar-refractivity contribution in [2.24, 2.45) is 5.92 Å². The molecule has 5 nitrogen and oxygen atoms in total. The second kappa shape index (κ2) is 6.93. The van der Waals surface area contributed by atoms with Crippen molar-refractivity contribution in [1.82, 2.24) is 10.6 Å². The van der Waals surface area contributed by atoms with Gasteiger partial charge in [-0.15, -0.1) is 0 Å². The van der Waals surface area contributed by atoms with E-state index < -0.39 is 9.84 Å². The summed E-state index contributed by atoms with van der Waals surface area (Å²) >= 11 is 0. The van der Waals surface area contributed by atoms with Crippen LogP contribution in [0.4, 0.5) is 4.79 Å². The number of hydrogen-bond acceptors (Lipinski definition) is 3. The number of benzene rings is 1. The Labute approximate surface area is 126 Å². The van der Waals surface area contributed by atoms with Crippen LogP contribution in [0.15, 0.2) is 24.3 Å². The molecule has 0 unspecified atom stereocenters. The van der Waals surface area contributed by atoms with Gasteiger partial charge < -0.3 is 10.6 Å². The zero-order chi connectivity index (χ0) is 15.3. The zero-order valence-electron chi connectivity index (χ0n) is 12.3. The first-order valence-electron chi connectivity index (χ1n) is 7.20. The van der Waals surface area contributed by atoms with E-state index in [4.69, 9.17) is 0 Å². The molecule has 0 atom stereocenters. The van der Waals surface area contributed by atoms with Crippen molar-refractivity contribution in [3.8, 4) is 0 Å². The van der Waals surface area contributed by atoms with Crippen molar-refractivity contribution in [3.05, 3.63) is 35.4 Å². The number of sulfone groups is 1. The van der Waals surface area contributed by atoms with Crippen LogP contribution in [0.5, 0.6) is 0 Å². The molecule has 2 amide bonds. The minimum Gasteiger partial charge on any atom is -0.338 e. The average molecular weight is 310 g/mol. The molecule has 1 aromatic rings. The molecule has 1 aromatic carbocycles. The summed E-state index contributed by atoms with van der Waals surface area (Å²) in [6, 6.07) is 8.17. The molecule has 0 radical (unpaired) electrons. The quantitative estimate of drug-likeness (QED) is 0.827.